The molecule has 7 heteroatoms. The fourth-order valence-electron chi connectivity index (χ4n) is 2.74. The lowest BCUT2D eigenvalue weighted by Crippen LogP contribution is -2.26. The molecular formula is C14H19N5OS. The Morgan fingerprint density at radius 1 is 1.62 bits per heavy atom. The molecule has 0 aromatic carbocycles. The summed E-state index contributed by atoms with van der Waals surface area (Å²) in [4.78, 5) is 14.5. The van der Waals surface area contributed by atoms with E-state index in [4.69, 9.17) is 0 Å². The Morgan fingerprint density at radius 2 is 2.48 bits per heavy atom. The Bertz CT molecular complexity index is 621. The van der Waals surface area contributed by atoms with E-state index in [2.05, 4.69) is 38.9 Å². The summed E-state index contributed by atoms with van der Waals surface area (Å²) in [5.41, 5.74) is 1.36. The molecule has 2 N–H and O–H groups in total. The molecule has 2 aromatic rings. The van der Waals surface area contributed by atoms with Crippen molar-refractivity contribution in [3.8, 4) is 0 Å². The van der Waals surface area contributed by atoms with Crippen LogP contribution in [0.4, 0.5) is 0 Å². The summed E-state index contributed by atoms with van der Waals surface area (Å²) in [7, 11) is 0. The highest BCUT2D eigenvalue weighted by Gasteiger charge is 2.23. The highest BCUT2D eigenvalue weighted by Crippen LogP contribution is 2.33. The summed E-state index contributed by atoms with van der Waals surface area (Å²) < 4.78 is 0. The summed E-state index contributed by atoms with van der Waals surface area (Å²) in [6.07, 6.45) is 4.66. The number of aryl methyl sites for hydroxylation is 1. The van der Waals surface area contributed by atoms with Crippen LogP contribution in [0.5, 0.6) is 0 Å². The van der Waals surface area contributed by atoms with Crippen molar-refractivity contribution >= 4 is 17.2 Å². The normalized spacial score (nSPS) is 19.0. The molecule has 1 aliphatic rings. The summed E-state index contributed by atoms with van der Waals surface area (Å²) in [6.45, 7) is 4.09. The number of tetrazole rings is 1. The second-order valence-electron chi connectivity index (χ2n) is 5.54. The second kappa shape index (κ2) is 5.93. The van der Waals surface area contributed by atoms with Crippen molar-refractivity contribution in [2.24, 2.45) is 5.92 Å². The van der Waals surface area contributed by atoms with Gasteiger partial charge in [-0.1, -0.05) is 18.6 Å². The van der Waals surface area contributed by atoms with Crippen molar-refractivity contribution in [1.82, 2.24) is 25.9 Å². The Balaban J connectivity index is 1.70. The Labute approximate surface area is 127 Å². The molecule has 21 heavy (non-hydrogen) atoms. The SMILES string of the molecule is CCC1CCc2sc(C(=O)NC(C)c3nn[nH]n3)cc2C1. The van der Waals surface area contributed by atoms with Crippen molar-refractivity contribution in [1.29, 1.82) is 0 Å². The minimum absolute atomic E-state index is 0.0558. The number of aromatic amines is 1. The van der Waals surface area contributed by atoms with Gasteiger partial charge in [0.1, 0.15) is 0 Å². The number of fused-ring (bicyclic) bond motifs is 1. The van der Waals surface area contributed by atoms with Crippen LogP contribution in [0.1, 0.15) is 58.7 Å². The number of nitrogens with one attached hydrogen (secondary N) is 2. The van der Waals surface area contributed by atoms with Gasteiger partial charge in [0.25, 0.3) is 5.91 Å². The summed E-state index contributed by atoms with van der Waals surface area (Å²) in [5, 5.41) is 16.6. The van der Waals surface area contributed by atoms with Crippen LogP contribution in [0.25, 0.3) is 0 Å². The summed E-state index contributed by atoms with van der Waals surface area (Å²) in [5.74, 6) is 1.21. The number of amides is 1. The third-order valence-electron chi connectivity index (χ3n) is 4.08. The van der Waals surface area contributed by atoms with E-state index in [0.29, 0.717) is 5.82 Å². The van der Waals surface area contributed by atoms with Gasteiger partial charge in [-0.05, 0) is 43.7 Å². The molecule has 6 nitrogen and oxygen atoms in total. The fourth-order valence-corrected chi connectivity index (χ4v) is 3.86. The maximum atomic E-state index is 12.3. The number of nitrogens with zero attached hydrogens (tertiary/aromatic N) is 3. The van der Waals surface area contributed by atoms with Gasteiger partial charge < -0.3 is 5.32 Å². The van der Waals surface area contributed by atoms with Crippen molar-refractivity contribution in [2.45, 2.75) is 45.6 Å². The van der Waals surface area contributed by atoms with E-state index in [-0.39, 0.29) is 11.9 Å². The first kappa shape index (κ1) is 14.2. The van der Waals surface area contributed by atoms with E-state index in [1.54, 1.807) is 11.3 Å². The lowest BCUT2D eigenvalue weighted by Gasteiger charge is -2.19. The molecule has 2 atom stereocenters. The first-order valence-corrected chi connectivity index (χ1v) is 8.14. The minimum Gasteiger partial charge on any atom is -0.341 e. The van der Waals surface area contributed by atoms with Gasteiger partial charge in [0.2, 0.25) is 0 Å². The third-order valence-corrected chi connectivity index (χ3v) is 5.32. The van der Waals surface area contributed by atoms with Gasteiger partial charge in [-0.15, -0.1) is 21.5 Å². The number of aromatic nitrogens is 4. The van der Waals surface area contributed by atoms with Crippen molar-refractivity contribution in [3.63, 3.8) is 0 Å². The van der Waals surface area contributed by atoms with E-state index >= 15 is 0 Å². The highest BCUT2D eigenvalue weighted by atomic mass is 32.1. The smallest absolute Gasteiger partial charge is 0.261 e. The zero-order valence-electron chi connectivity index (χ0n) is 12.2. The Hall–Kier alpha value is -1.76. The number of rotatable bonds is 4. The van der Waals surface area contributed by atoms with E-state index in [9.17, 15) is 4.79 Å². The number of carbonyl (C=O) groups is 1. The van der Waals surface area contributed by atoms with Gasteiger partial charge in [-0.2, -0.15) is 5.21 Å². The van der Waals surface area contributed by atoms with Crippen LogP contribution in [-0.2, 0) is 12.8 Å². The third kappa shape index (κ3) is 2.97. The zero-order chi connectivity index (χ0) is 14.8. The van der Waals surface area contributed by atoms with Crippen molar-refractivity contribution < 1.29 is 4.79 Å². The highest BCUT2D eigenvalue weighted by molar-refractivity contribution is 7.14. The lowest BCUT2D eigenvalue weighted by molar-refractivity contribution is 0.0942. The minimum atomic E-state index is -0.251. The Kier molecular flexibility index (Phi) is 4.01. The molecule has 112 valence electrons. The summed E-state index contributed by atoms with van der Waals surface area (Å²) >= 11 is 1.62. The molecule has 0 aliphatic heterocycles. The average Bonchev–Trinajstić information content (AvgIpc) is 3.15. The predicted octanol–water partition coefficient (Wildman–Crippen LogP) is 2.27. The van der Waals surface area contributed by atoms with E-state index in [1.807, 2.05) is 6.92 Å². The monoisotopic (exact) mass is 305 g/mol. The van der Waals surface area contributed by atoms with Crippen LogP contribution < -0.4 is 5.32 Å². The molecular weight excluding hydrogens is 286 g/mol. The van der Waals surface area contributed by atoms with Gasteiger partial charge in [0, 0.05) is 4.88 Å². The van der Waals surface area contributed by atoms with E-state index < -0.39 is 0 Å². The number of hydrogen-bond acceptors (Lipinski definition) is 5. The van der Waals surface area contributed by atoms with Gasteiger partial charge in [0.15, 0.2) is 5.82 Å². The topological polar surface area (TPSA) is 83.6 Å². The first-order valence-electron chi connectivity index (χ1n) is 7.33. The summed E-state index contributed by atoms with van der Waals surface area (Å²) in [6, 6.07) is 1.80. The van der Waals surface area contributed by atoms with E-state index in [0.717, 1.165) is 23.6 Å². The standard InChI is InChI=1S/C14H19N5OS/c1-3-9-4-5-11-10(6-9)7-12(21-11)14(20)15-8(2)13-16-18-19-17-13/h7-9H,3-6H2,1-2H3,(H,15,20)(H,16,17,18,19). The molecule has 2 aromatic heterocycles. The van der Waals surface area contributed by atoms with Crippen LogP contribution >= 0.6 is 11.3 Å². The molecule has 3 rings (SSSR count). The predicted molar refractivity (Wildman–Crippen MR) is 80.2 cm³/mol. The molecule has 0 fully saturated rings. The average molecular weight is 305 g/mol. The largest absolute Gasteiger partial charge is 0.341 e. The van der Waals surface area contributed by atoms with E-state index in [1.165, 1.54) is 23.3 Å². The maximum Gasteiger partial charge on any atom is 0.261 e. The molecule has 0 saturated heterocycles. The fraction of sp³-hybridized carbons (Fsp3) is 0.571. The quantitative estimate of drug-likeness (QED) is 0.907. The number of H-pyrrole nitrogens is 1. The molecule has 2 unspecified atom stereocenters. The zero-order valence-corrected chi connectivity index (χ0v) is 13.0. The molecule has 1 amide bonds. The lowest BCUT2D eigenvalue weighted by atomic mass is 9.87. The van der Waals surface area contributed by atoms with Crippen LogP contribution in [0.2, 0.25) is 0 Å². The van der Waals surface area contributed by atoms with Gasteiger partial charge in [0.05, 0.1) is 10.9 Å². The maximum absolute atomic E-state index is 12.3. The van der Waals surface area contributed by atoms with Crippen molar-refractivity contribution in [3.05, 3.63) is 27.2 Å². The number of carbonyl (C=O) groups excluding carboxylic acids is 1. The van der Waals surface area contributed by atoms with Crippen LogP contribution in [0.15, 0.2) is 6.07 Å². The number of thiophene rings is 1. The second-order valence-corrected chi connectivity index (χ2v) is 6.68. The van der Waals surface area contributed by atoms with Crippen LogP contribution in [-0.4, -0.2) is 26.5 Å². The molecule has 1 aliphatic carbocycles. The van der Waals surface area contributed by atoms with Gasteiger partial charge in [-0.25, -0.2) is 0 Å². The molecule has 2 heterocycles. The van der Waals surface area contributed by atoms with Crippen LogP contribution in [0, 0.1) is 5.92 Å². The van der Waals surface area contributed by atoms with Gasteiger partial charge >= 0.3 is 0 Å². The number of hydrogen-bond donors (Lipinski definition) is 2. The first-order chi connectivity index (χ1) is 10.2. The molecule has 0 radical (unpaired) electrons. The van der Waals surface area contributed by atoms with Crippen LogP contribution in [0.3, 0.4) is 0 Å². The van der Waals surface area contributed by atoms with Crippen molar-refractivity contribution in [2.75, 3.05) is 0 Å². The molecule has 0 bridgehead atoms. The molecule has 0 saturated carbocycles. The van der Waals surface area contributed by atoms with Gasteiger partial charge in [-0.3, -0.25) is 4.79 Å². The molecule has 0 spiro atoms. The Morgan fingerprint density at radius 3 is 3.19 bits per heavy atom.